The van der Waals surface area contributed by atoms with Gasteiger partial charge in [-0.05, 0) is 0 Å². The molecule has 0 aromatic carbocycles. The molecule has 2 nitrogen and oxygen atoms in total. The quantitative estimate of drug-likeness (QED) is 0.639. The van der Waals surface area contributed by atoms with E-state index in [-0.39, 0.29) is 10.9 Å². The highest BCUT2D eigenvalue weighted by Crippen LogP contribution is 2.17. The van der Waals surface area contributed by atoms with Crippen LogP contribution in [0.4, 0.5) is 13.2 Å². The SMILES string of the molecule is O=c1c(CBr)c[nH]c(F)c1C(F)F. The van der Waals surface area contributed by atoms with Crippen molar-refractivity contribution >= 4 is 15.9 Å². The molecule has 1 N–H and O–H groups in total. The molecule has 1 aromatic heterocycles. The Morgan fingerprint density at radius 3 is 2.62 bits per heavy atom. The number of H-pyrrole nitrogens is 1. The Morgan fingerprint density at radius 1 is 1.54 bits per heavy atom. The van der Waals surface area contributed by atoms with E-state index in [2.05, 4.69) is 15.9 Å². The summed E-state index contributed by atoms with van der Waals surface area (Å²) in [7, 11) is 0. The number of alkyl halides is 3. The van der Waals surface area contributed by atoms with Gasteiger partial charge in [-0.2, -0.15) is 4.39 Å². The van der Waals surface area contributed by atoms with Crippen molar-refractivity contribution in [1.82, 2.24) is 4.98 Å². The number of hydrogen-bond donors (Lipinski definition) is 1. The van der Waals surface area contributed by atoms with E-state index in [1.807, 2.05) is 4.98 Å². The number of pyridine rings is 1. The molecule has 1 rings (SSSR count). The lowest BCUT2D eigenvalue weighted by atomic mass is 10.2. The van der Waals surface area contributed by atoms with E-state index in [0.29, 0.717) is 0 Å². The summed E-state index contributed by atoms with van der Waals surface area (Å²) in [5.74, 6) is -1.27. The first-order valence-electron chi connectivity index (χ1n) is 3.32. The third-order valence-electron chi connectivity index (χ3n) is 1.51. The van der Waals surface area contributed by atoms with E-state index < -0.39 is 23.4 Å². The minimum absolute atomic E-state index is 0.0803. The second-order valence-electron chi connectivity index (χ2n) is 2.31. The average molecular weight is 256 g/mol. The lowest BCUT2D eigenvalue weighted by molar-refractivity contribution is 0.143. The number of halogens is 4. The molecule has 0 amide bonds. The van der Waals surface area contributed by atoms with Crippen LogP contribution < -0.4 is 5.43 Å². The molecule has 72 valence electrons. The fourth-order valence-corrected chi connectivity index (χ4v) is 1.28. The Morgan fingerprint density at radius 2 is 2.15 bits per heavy atom. The Labute approximate surface area is 79.9 Å². The van der Waals surface area contributed by atoms with E-state index >= 15 is 0 Å². The van der Waals surface area contributed by atoms with Crippen LogP contribution in [0.25, 0.3) is 0 Å². The number of aromatic amines is 1. The van der Waals surface area contributed by atoms with E-state index in [9.17, 15) is 18.0 Å². The Hall–Kier alpha value is -0.780. The van der Waals surface area contributed by atoms with Crippen LogP contribution in [0.3, 0.4) is 0 Å². The van der Waals surface area contributed by atoms with Crippen LogP contribution in [0.5, 0.6) is 0 Å². The van der Waals surface area contributed by atoms with Crippen LogP contribution >= 0.6 is 15.9 Å². The second-order valence-corrected chi connectivity index (χ2v) is 2.87. The maximum absolute atomic E-state index is 12.7. The van der Waals surface area contributed by atoms with Crippen molar-refractivity contribution < 1.29 is 13.2 Å². The van der Waals surface area contributed by atoms with Crippen LogP contribution in [0.15, 0.2) is 11.0 Å². The molecule has 0 radical (unpaired) electrons. The van der Waals surface area contributed by atoms with Gasteiger partial charge < -0.3 is 4.98 Å². The molecule has 0 fully saturated rings. The van der Waals surface area contributed by atoms with Gasteiger partial charge in [0.05, 0.1) is 0 Å². The van der Waals surface area contributed by atoms with Crippen LogP contribution in [0.1, 0.15) is 17.6 Å². The standard InChI is InChI=1S/C7H5BrF3NO/c8-1-3-2-12-7(11)4(5(3)13)6(9)10/h2,6H,1H2,(H,12,13). The maximum atomic E-state index is 12.7. The molecule has 0 spiro atoms. The van der Waals surface area contributed by atoms with E-state index in [4.69, 9.17) is 0 Å². The molecule has 1 heterocycles. The van der Waals surface area contributed by atoms with Gasteiger partial charge in [-0.3, -0.25) is 4.79 Å². The summed E-state index contributed by atoms with van der Waals surface area (Å²) >= 11 is 2.93. The smallest absolute Gasteiger partial charge is 0.271 e. The number of rotatable bonds is 2. The van der Waals surface area contributed by atoms with Gasteiger partial charge in [0.2, 0.25) is 5.95 Å². The molecule has 0 saturated carbocycles. The molecule has 0 bridgehead atoms. The van der Waals surface area contributed by atoms with Gasteiger partial charge in [0.25, 0.3) is 6.43 Å². The Bertz CT molecular complexity index is 363. The van der Waals surface area contributed by atoms with Crippen molar-refractivity contribution in [3.8, 4) is 0 Å². The molecule has 1 aromatic rings. The molecule has 13 heavy (non-hydrogen) atoms. The number of aromatic nitrogens is 1. The normalized spacial score (nSPS) is 10.8. The molecule has 0 aliphatic heterocycles. The fraction of sp³-hybridized carbons (Fsp3) is 0.286. The molecular formula is C7H5BrF3NO. The Balaban J connectivity index is 3.39. The average Bonchev–Trinajstić information content (AvgIpc) is 2.04. The van der Waals surface area contributed by atoms with E-state index in [1.165, 1.54) is 0 Å². The molecule has 0 atom stereocenters. The topological polar surface area (TPSA) is 32.9 Å². The zero-order valence-corrected chi connectivity index (χ0v) is 7.87. The lowest BCUT2D eigenvalue weighted by Crippen LogP contribution is -2.17. The molecule has 0 aliphatic carbocycles. The van der Waals surface area contributed by atoms with Crippen molar-refractivity contribution in [2.75, 3.05) is 0 Å². The van der Waals surface area contributed by atoms with Crippen molar-refractivity contribution in [3.05, 3.63) is 33.5 Å². The third-order valence-corrected chi connectivity index (χ3v) is 2.11. The van der Waals surface area contributed by atoms with Gasteiger partial charge in [-0.1, -0.05) is 15.9 Å². The zero-order valence-electron chi connectivity index (χ0n) is 6.28. The molecule has 6 heteroatoms. The summed E-state index contributed by atoms with van der Waals surface area (Å²) in [6, 6.07) is 0. The fourth-order valence-electron chi connectivity index (χ4n) is 0.861. The largest absolute Gasteiger partial charge is 0.338 e. The lowest BCUT2D eigenvalue weighted by Gasteiger charge is -2.02. The molecular weight excluding hydrogens is 251 g/mol. The minimum atomic E-state index is -3.09. The first-order valence-corrected chi connectivity index (χ1v) is 4.44. The maximum Gasteiger partial charge on any atom is 0.271 e. The summed E-state index contributed by atoms with van der Waals surface area (Å²) in [6.45, 7) is 0. The van der Waals surface area contributed by atoms with Gasteiger partial charge in [0, 0.05) is 17.1 Å². The number of hydrogen-bond acceptors (Lipinski definition) is 1. The summed E-state index contributed by atoms with van der Waals surface area (Å²) in [6.07, 6.45) is -2.03. The molecule has 0 saturated heterocycles. The van der Waals surface area contributed by atoms with E-state index in [0.717, 1.165) is 6.20 Å². The predicted molar refractivity (Wildman–Crippen MR) is 44.6 cm³/mol. The first-order chi connectivity index (χ1) is 6.07. The predicted octanol–water partition coefficient (Wildman–Crippen LogP) is 2.35. The van der Waals surface area contributed by atoms with Crippen molar-refractivity contribution in [1.29, 1.82) is 0 Å². The summed E-state index contributed by atoms with van der Waals surface area (Å²) in [5, 5.41) is 0.113. The van der Waals surface area contributed by atoms with E-state index in [1.54, 1.807) is 0 Å². The van der Waals surface area contributed by atoms with Crippen LogP contribution in [0.2, 0.25) is 0 Å². The highest BCUT2D eigenvalue weighted by molar-refractivity contribution is 9.08. The molecule has 0 unspecified atom stereocenters. The van der Waals surface area contributed by atoms with Crippen LogP contribution in [-0.4, -0.2) is 4.98 Å². The summed E-state index contributed by atoms with van der Waals surface area (Å²) in [4.78, 5) is 13.1. The third kappa shape index (κ3) is 1.93. The first kappa shape index (κ1) is 10.3. The molecule has 0 aliphatic rings. The second kappa shape index (κ2) is 3.95. The highest BCUT2D eigenvalue weighted by Gasteiger charge is 2.19. The van der Waals surface area contributed by atoms with Gasteiger partial charge in [0.1, 0.15) is 5.56 Å². The zero-order chi connectivity index (χ0) is 10.0. The summed E-state index contributed by atoms with van der Waals surface area (Å²) in [5.41, 5.74) is -1.98. The van der Waals surface area contributed by atoms with Gasteiger partial charge in [0.15, 0.2) is 5.43 Å². The van der Waals surface area contributed by atoms with Crippen molar-refractivity contribution in [2.24, 2.45) is 0 Å². The monoisotopic (exact) mass is 255 g/mol. The Kier molecular flexibility index (Phi) is 3.13. The van der Waals surface area contributed by atoms with Gasteiger partial charge in [-0.15, -0.1) is 0 Å². The van der Waals surface area contributed by atoms with Crippen molar-refractivity contribution in [3.63, 3.8) is 0 Å². The summed E-state index contributed by atoms with van der Waals surface area (Å²) < 4.78 is 36.9. The van der Waals surface area contributed by atoms with Crippen molar-refractivity contribution in [2.45, 2.75) is 11.8 Å². The minimum Gasteiger partial charge on any atom is -0.338 e. The van der Waals surface area contributed by atoms with Crippen LogP contribution in [-0.2, 0) is 5.33 Å². The van der Waals surface area contributed by atoms with Gasteiger partial charge in [-0.25, -0.2) is 8.78 Å². The highest BCUT2D eigenvalue weighted by atomic mass is 79.9. The number of nitrogens with one attached hydrogen (secondary N) is 1. The van der Waals surface area contributed by atoms with Gasteiger partial charge >= 0.3 is 0 Å². The van der Waals surface area contributed by atoms with Crippen LogP contribution in [0, 0.1) is 5.95 Å².